The lowest BCUT2D eigenvalue weighted by molar-refractivity contribution is -0.136. The molecule has 94 valence electrons. The zero-order chi connectivity index (χ0) is 12.8. The summed E-state index contributed by atoms with van der Waals surface area (Å²) in [6.07, 6.45) is 0.276. The molecule has 4 nitrogen and oxygen atoms in total. The maximum atomic E-state index is 11.6. The Balaban J connectivity index is 4.22. The number of amides is 2. The maximum Gasteiger partial charge on any atom is 0.240 e. The van der Waals surface area contributed by atoms with Crippen LogP contribution in [0.1, 0.15) is 34.1 Å². The quantitative estimate of drug-likeness (QED) is 0.748. The Morgan fingerprint density at radius 2 is 1.88 bits per heavy atom. The number of nitrogens with one attached hydrogen (secondary N) is 1. The maximum absolute atomic E-state index is 11.6. The number of carbonyl (C=O) groups is 2. The van der Waals surface area contributed by atoms with Crippen LogP contribution in [0.3, 0.4) is 0 Å². The van der Waals surface area contributed by atoms with E-state index in [2.05, 4.69) is 5.32 Å². The highest BCUT2D eigenvalue weighted by atomic mass is 35.5. The molecule has 1 N–H and O–H groups in total. The predicted molar refractivity (Wildman–Crippen MR) is 65.5 cm³/mol. The first-order valence-electron chi connectivity index (χ1n) is 5.45. The summed E-state index contributed by atoms with van der Waals surface area (Å²) < 4.78 is 0. The highest BCUT2D eigenvalue weighted by molar-refractivity contribution is 6.18. The molecule has 0 radical (unpaired) electrons. The average molecular weight is 249 g/mol. The molecule has 16 heavy (non-hydrogen) atoms. The molecule has 0 saturated carbocycles. The minimum Gasteiger partial charge on any atom is -0.350 e. The van der Waals surface area contributed by atoms with Crippen molar-refractivity contribution < 1.29 is 9.59 Å². The van der Waals surface area contributed by atoms with E-state index in [1.54, 1.807) is 0 Å². The summed E-state index contributed by atoms with van der Waals surface area (Å²) in [6.45, 7) is 8.18. The number of carbonyl (C=O) groups excluding carboxylic acids is 2. The van der Waals surface area contributed by atoms with Crippen LogP contribution in [0.5, 0.6) is 0 Å². The molecule has 0 rings (SSSR count). The SMILES string of the molecule is CCN(CC(=O)NC(C)(C)C)C(=O)CCCl. The van der Waals surface area contributed by atoms with Crippen LogP contribution in [0.15, 0.2) is 0 Å². The fourth-order valence-electron chi connectivity index (χ4n) is 1.25. The third-order valence-electron chi connectivity index (χ3n) is 1.89. The molecular weight excluding hydrogens is 228 g/mol. The summed E-state index contributed by atoms with van der Waals surface area (Å²) in [4.78, 5) is 24.6. The van der Waals surface area contributed by atoms with Crippen LogP contribution in [0.25, 0.3) is 0 Å². The molecule has 0 aromatic carbocycles. The van der Waals surface area contributed by atoms with Crippen molar-refractivity contribution in [2.45, 2.75) is 39.7 Å². The number of hydrogen-bond acceptors (Lipinski definition) is 2. The number of rotatable bonds is 5. The molecule has 0 atom stereocenters. The van der Waals surface area contributed by atoms with Gasteiger partial charge in [-0.15, -0.1) is 11.6 Å². The summed E-state index contributed by atoms with van der Waals surface area (Å²) >= 11 is 5.49. The fourth-order valence-corrected chi connectivity index (χ4v) is 1.41. The first-order chi connectivity index (χ1) is 7.30. The molecule has 0 spiro atoms. The Morgan fingerprint density at radius 3 is 2.25 bits per heavy atom. The summed E-state index contributed by atoms with van der Waals surface area (Å²) in [5.74, 6) is 0.0646. The van der Waals surface area contributed by atoms with Crippen LogP contribution >= 0.6 is 11.6 Å². The van der Waals surface area contributed by atoms with E-state index in [1.165, 1.54) is 4.90 Å². The van der Waals surface area contributed by atoms with Crippen molar-refractivity contribution in [3.05, 3.63) is 0 Å². The van der Waals surface area contributed by atoms with Crippen molar-refractivity contribution in [2.24, 2.45) is 0 Å². The Bertz CT molecular complexity index is 249. The summed E-state index contributed by atoms with van der Waals surface area (Å²) in [7, 11) is 0. The van der Waals surface area contributed by atoms with E-state index in [9.17, 15) is 9.59 Å². The van der Waals surface area contributed by atoms with E-state index < -0.39 is 0 Å². The highest BCUT2D eigenvalue weighted by Crippen LogP contribution is 2.00. The van der Waals surface area contributed by atoms with Gasteiger partial charge in [-0.1, -0.05) is 0 Å². The lowest BCUT2D eigenvalue weighted by atomic mass is 10.1. The molecule has 0 heterocycles. The van der Waals surface area contributed by atoms with E-state index in [0.29, 0.717) is 6.54 Å². The van der Waals surface area contributed by atoms with Crippen molar-refractivity contribution in [1.82, 2.24) is 10.2 Å². The van der Waals surface area contributed by atoms with Crippen molar-refractivity contribution in [3.63, 3.8) is 0 Å². The third-order valence-corrected chi connectivity index (χ3v) is 2.08. The van der Waals surface area contributed by atoms with Gasteiger partial charge in [0, 0.05) is 24.4 Å². The third kappa shape index (κ3) is 6.67. The van der Waals surface area contributed by atoms with Gasteiger partial charge in [0.2, 0.25) is 11.8 Å². The number of halogens is 1. The van der Waals surface area contributed by atoms with Gasteiger partial charge in [0.1, 0.15) is 0 Å². The zero-order valence-corrected chi connectivity index (χ0v) is 11.2. The van der Waals surface area contributed by atoms with Crippen LogP contribution in [-0.4, -0.2) is 41.2 Å². The first kappa shape index (κ1) is 15.2. The van der Waals surface area contributed by atoms with E-state index in [-0.39, 0.29) is 36.2 Å². The predicted octanol–water partition coefficient (Wildman–Crippen LogP) is 1.38. The molecule has 0 aromatic heterocycles. The van der Waals surface area contributed by atoms with Crippen LogP contribution in [-0.2, 0) is 9.59 Å². The van der Waals surface area contributed by atoms with Crippen molar-refractivity contribution in [3.8, 4) is 0 Å². The molecule has 0 aliphatic heterocycles. The van der Waals surface area contributed by atoms with Gasteiger partial charge in [0.25, 0.3) is 0 Å². The molecule has 5 heteroatoms. The minimum atomic E-state index is -0.272. The molecule has 0 aliphatic carbocycles. The zero-order valence-electron chi connectivity index (χ0n) is 10.5. The average Bonchev–Trinajstić information content (AvgIpc) is 2.11. The smallest absolute Gasteiger partial charge is 0.240 e. The second kappa shape index (κ2) is 6.74. The van der Waals surface area contributed by atoms with Crippen LogP contribution in [0.4, 0.5) is 0 Å². The van der Waals surface area contributed by atoms with Crippen molar-refractivity contribution in [2.75, 3.05) is 19.0 Å². The van der Waals surface area contributed by atoms with Crippen LogP contribution in [0, 0.1) is 0 Å². The second-order valence-corrected chi connectivity index (χ2v) is 5.02. The molecule has 0 saturated heterocycles. The van der Waals surface area contributed by atoms with Gasteiger partial charge in [-0.3, -0.25) is 9.59 Å². The Morgan fingerprint density at radius 1 is 1.31 bits per heavy atom. The molecule has 0 bridgehead atoms. The van der Waals surface area contributed by atoms with Gasteiger partial charge < -0.3 is 10.2 Å². The lowest BCUT2D eigenvalue weighted by Crippen LogP contribution is -2.47. The topological polar surface area (TPSA) is 49.4 Å². The minimum absolute atomic E-state index is 0.0819. The Hall–Kier alpha value is -0.770. The van der Waals surface area contributed by atoms with Gasteiger partial charge in [0.05, 0.1) is 6.54 Å². The van der Waals surface area contributed by atoms with E-state index >= 15 is 0 Å². The standard InChI is InChI=1S/C11H21ClN2O2/c1-5-14(10(16)6-7-12)8-9(15)13-11(2,3)4/h5-8H2,1-4H3,(H,13,15). The molecule has 2 amide bonds. The van der Waals surface area contributed by atoms with Crippen molar-refractivity contribution in [1.29, 1.82) is 0 Å². The Labute approximate surface area is 102 Å². The van der Waals surface area contributed by atoms with E-state index in [0.717, 1.165) is 0 Å². The summed E-state index contributed by atoms with van der Waals surface area (Å²) in [6, 6.07) is 0. The summed E-state index contributed by atoms with van der Waals surface area (Å²) in [5.41, 5.74) is -0.272. The van der Waals surface area contributed by atoms with Gasteiger partial charge in [-0.05, 0) is 27.7 Å². The number of nitrogens with zero attached hydrogens (tertiary/aromatic N) is 1. The fraction of sp³-hybridized carbons (Fsp3) is 0.818. The normalized spacial score (nSPS) is 11.1. The lowest BCUT2D eigenvalue weighted by Gasteiger charge is -2.24. The van der Waals surface area contributed by atoms with Gasteiger partial charge in [-0.25, -0.2) is 0 Å². The van der Waals surface area contributed by atoms with E-state index in [4.69, 9.17) is 11.6 Å². The second-order valence-electron chi connectivity index (χ2n) is 4.65. The molecular formula is C11H21ClN2O2. The summed E-state index contributed by atoms with van der Waals surface area (Å²) in [5, 5.41) is 2.82. The number of alkyl halides is 1. The Kier molecular flexibility index (Phi) is 6.41. The van der Waals surface area contributed by atoms with Crippen LogP contribution in [0.2, 0.25) is 0 Å². The van der Waals surface area contributed by atoms with Crippen LogP contribution < -0.4 is 5.32 Å². The number of likely N-dealkylation sites (N-methyl/N-ethyl adjacent to an activating group) is 1. The number of hydrogen-bond donors (Lipinski definition) is 1. The molecule has 0 unspecified atom stereocenters. The highest BCUT2D eigenvalue weighted by Gasteiger charge is 2.18. The first-order valence-corrected chi connectivity index (χ1v) is 5.98. The molecule has 0 aromatic rings. The van der Waals surface area contributed by atoms with Gasteiger partial charge >= 0.3 is 0 Å². The van der Waals surface area contributed by atoms with Gasteiger partial charge in [0.15, 0.2) is 0 Å². The largest absolute Gasteiger partial charge is 0.350 e. The van der Waals surface area contributed by atoms with Crippen molar-refractivity contribution >= 4 is 23.4 Å². The van der Waals surface area contributed by atoms with Gasteiger partial charge in [-0.2, -0.15) is 0 Å². The molecule has 0 fully saturated rings. The molecule has 0 aliphatic rings. The monoisotopic (exact) mass is 248 g/mol. The van der Waals surface area contributed by atoms with E-state index in [1.807, 2.05) is 27.7 Å².